The van der Waals surface area contributed by atoms with Crippen LogP contribution in [-0.2, 0) is 22.6 Å². The lowest BCUT2D eigenvalue weighted by Crippen LogP contribution is -2.53. The number of amides is 2. The molecule has 3 aromatic rings. The van der Waals surface area contributed by atoms with E-state index in [4.69, 9.17) is 16.3 Å². The van der Waals surface area contributed by atoms with Crippen LogP contribution in [0.1, 0.15) is 31.4 Å². The van der Waals surface area contributed by atoms with E-state index in [1.807, 2.05) is 44.2 Å². The maximum atomic E-state index is 13.5. The molecule has 0 unspecified atom stereocenters. The Morgan fingerprint density at radius 3 is 2.37 bits per heavy atom. The fourth-order valence-corrected chi connectivity index (χ4v) is 3.75. The molecule has 2 amide bonds. The highest BCUT2D eigenvalue weighted by molar-refractivity contribution is 6.30. The molecular formula is C28H30ClFN2O3. The van der Waals surface area contributed by atoms with Crippen molar-refractivity contribution >= 4 is 23.4 Å². The molecule has 0 saturated heterocycles. The first-order valence-electron chi connectivity index (χ1n) is 11.6. The van der Waals surface area contributed by atoms with Crippen molar-refractivity contribution in [2.75, 3.05) is 6.61 Å². The van der Waals surface area contributed by atoms with Crippen LogP contribution in [0, 0.1) is 5.82 Å². The van der Waals surface area contributed by atoms with Crippen molar-refractivity contribution in [1.82, 2.24) is 10.2 Å². The molecule has 7 heteroatoms. The highest BCUT2D eigenvalue weighted by Gasteiger charge is 2.31. The molecule has 0 aliphatic carbocycles. The highest BCUT2D eigenvalue weighted by Crippen LogP contribution is 2.19. The van der Waals surface area contributed by atoms with E-state index in [-0.39, 0.29) is 36.8 Å². The summed E-state index contributed by atoms with van der Waals surface area (Å²) in [6.45, 7) is 3.76. The first kappa shape index (κ1) is 26.2. The van der Waals surface area contributed by atoms with E-state index in [9.17, 15) is 14.0 Å². The molecule has 5 nitrogen and oxygen atoms in total. The van der Waals surface area contributed by atoms with Gasteiger partial charge in [-0.25, -0.2) is 4.39 Å². The van der Waals surface area contributed by atoms with Gasteiger partial charge >= 0.3 is 0 Å². The van der Waals surface area contributed by atoms with Crippen LogP contribution >= 0.6 is 11.6 Å². The number of benzene rings is 3. The summed E-state index contributed by atoms with van der Waals surface area (Å²) in [5, 5.41) is 3.50. The SMILES string of the molecule is CC[C@@H](C)NC(=O)[C@@H](Cc1ccccc1)N(Cc1ccc(F)cc1)C(=O)COc1cccc(Cl)c1. The van der Waals surface area contributed by atoms with Crippen LogP contribution in [0.25, 0.3) is 0 Å². The largest absolute Gasteiger partial charge is 0.484 e. The van der Waals surface area contributed by atoms with E-state index >= 15 is 0 Å². The Morgan fingerprint density at radius 2 is 1.71 bits per heavy atom. The van der Waals surface area contributed by atoms with Gasteiger partial charge in [0.15, 0.2) is 6.61 Å². The fraction of sp³-hybridized carbons (Fsp3) is 0.286. The second-order valence-electron chi connectivity index (χ2n) is 8.42. The first-order valence-corrected chi connectivity index (χ1v) is 12.0. The van der Waals surface area contributed by atoms with Crippen molar-refractivity contribution in [3.05, 3.63) is 101 Å². The molecule has 0 radical (unpaired) electrons. The predicted octanol–water partition coefficient (Wildman–Crippen LogP) is 5.41. The van der Waals surface area contributed by atoms with Crippen molar-refractivity contribution in [2.24, 2.45) is 0 Å². The summed E-state index contributed by atoms with van der Waals surface area (Å²) in [5.74, 6) is -0.529. The lowest BCUT2D eigenvalue weighted by Gasteiger charge is -2.32. The standard InChI is InChI=1S/C28H30ClFN2O3/c1-3-20(2)31-28(34)26(16-21-8-5-4-6-9-21)32(18-22-12-14-24(30)15-13-22)27(33)19-35-25-11-7-10-23(29)17-25/h4-15,17,20,26H,3,16,18-19H2,1-2H3,(H,31,34)/t20-,26-/m1/s1. The summed E-state index contributed by atoms with van der Waals surface area (Å²) in [6.07, 6.45) is 1.08. The number of rotatable bonds is 11. The molecule has 1 N–H and O–H groups in total. The molecule has 0 spiro atoms. The number of nitrogens with one attached hydrogen (secondary N) is 1. The zero-order valence-electron chi connectivity index (χ0n) is 19.9. The topological polar surface area (TPSA) is 58.6 Å². The van der Waals surface area contributed by atoms with Crippen LogP contribution in [0.5, 0.6) is 5.75 Å². The molecule has 35 heavy (non-hydrogen) atoms. The molecule has 0 saturated carbocycles. The van der Waals surface area contributed by atoms with E-state index in [1.54, 1.807) is 36.4 Å². The van der Waals surface area contributed by atoms with Crippen LogP contribution in [-0.4, -0.2) is 35.4 Å². The van der Waals surface area contributed by atoms with Crippen LogP contribution in [0.15, 0.2) is 78.9 Å². The van der Waals surface area contributed by atoms with Gasteiger partial charge in [-0.2, -0.15) is 0 Å². The molecular weight excluding hydrogens is 467 g/mol. The summed E-state index contributed by atoms with van der Waals surface area (Å²) in [4.78, 5) is 28.4. The predicted molar refractivity (Wildman–Crippen MR) is 136 cm³/mol. The third-order valence-corrected chi connectivity index (χ3v) is 5.93. The van der Waals surface area contributed by atoms with Crippen molar-refractivity contribution in [2.45, 2.75) is 45.3 Å². The lowest BCUT2D eigenvalue weighted by molar-refractivity contribution is -0.143. The minimum absolute atomic E-state index is 0.0498. The molecule has 2 atom stereocenters. The Kier molecular flexibility index (Phi) is 9.67. The Labute approximate surface area is 210 Å². The summed E-state index contributed by atoms with van der Waals surface area (Å²) in [5.41, 5.74) is 1.63. The van der Waals surface area contributed by atoms with Gasteiger partial charge in [-0.15, -0.1) is 0 Å². The van der Waals surface area contributed by atoms with Crippen LogP contribution in [0.4, 0.5) is 4.39 Å². The number of hydrogen-bond donors (Lipinski definition) is 1. The van der Waals surface area contributed by atoms with Gasteiger partial charge in [0.1, 0.15) is 17.6 Å². The smallest absolute Gasteiger partial charge is 0.261 e. The first-order chi connectivity index (χ1) is 16.9. The van der Waals surface area contributed by atoms with E-state index in [0.717, 1.165) is 12.0 Å². The third-order valence-electron chi connectivity index (χ3n) is 5.70. The summed E-state index contributed by atoms with van der Waals surface area (Å²) < 4.78 is 19.2. The minimum atomic E-state index is -0.785. The zero-order valence-corrected chi connectivity index (χ0v) is 20.7. The van der Waals surface area contributed by atoms with Crippen molar-refractivity contribution in [3.8, 4) is 5.75 Å². The quantitative estimate of drug-likeness (QED) is 0.386. The normalized spacial score (nSPS) is 12.5. The second-order valence-corrected chi connectivity index (χ2v) is 8.85. The Hall–Kier alpha value is -3.38. The number of carbonyl (C=O) groups excluding carboxylic acids is 2. The molecule has 0 bridgehead atoms. The van der Waals surface area contributed by atoms with Crippen LogP contribution < -0.4 is 10.1 Å². The lowest BCUT2D eigenvalue weighted by atomic mass is 10.0. The van der Waals surface area contributed by atoms with Gasteiger partial charge in [-0.1, -0.05) is 67.1 Å². The third kappa shape index (κ3) is 8.11. The fourth-order valence-electron chi connectivity index (χ4n) is 3.57. The molecule has 0 aromatic heterocycles. The maximum absolute atomic E-state index is 13.5. The number of hydrogen-bond acceptors (Lipinski definition) is 3. The van der Waals surface area contributed by atoms with Crippen LogP contribution in [0.3, 0.4) is 0 Å². The van der Waals surface area contributed by atoms with Gasteiger partial charge in [0.25, 0.3) is 5.91 Å². The van der Waals surface area contributed by atoms with Gasteiger partial charge in [0.05, 0.1) is 0 Å². The van der Waals surface area contributed by atoms with Gasteiger partial charge in [0, 0.05) is 24.0 Å². The molecule has 184 valence electrons. The number of nitrogens with zero attached hydrogens (tertiary/aromatic N) is 1. The molecule has 0 heterocycles. The Bertz CT molecular complexity index is 1110. The van der Waals surface area contributed by atoms with E-state index in [1.165, 1.54) is 17.0 Å². The number of ether oxygens (including phenoxy) is 1. The van der Waals surface area contributed by atoms with Crippen molar-refractivity contribution in [3.63, 3.8) is 0 Å². The Balaban J connectivity index is 1.90. The van der Waals surface area contributed by atoms with Gasteiger partial charge in [0.2, 0.25) is 5.91 Å². The van der Waals surface area contributed by atoms with Crippen molar-refractivity contribution in [1.29, 1.82) is 0 Å². The highest BCUT2D eigenvalue weighted by atomic mass is 35.5. The monoisotopic (exact) mass is 496 g/mol. The van der Waals surface area contributed by atoms with Gasteiger partial charge < -0.3 is 15.0 Å². The van der Waals surface area contributed by atoms with Crippen LogP contribution in [0.2, 0.25) is 5.02 Å². The maximum Gasteiger partial charge on any atom is 0.261 e. The van der Waals surface area contributed by atoms with E-state index in [0.29, 0.717) is 22.8 Å². The molecule has 0 aliphatic rings. The summed E-state index contributed by atoms with van der Waals surface area (Å²) in [6, 6.07) is 21.4. The Morgan fingerprint density at radius 1 is 1.00 bits per heavy atom. The summed E-state index contributed by atoms with van der Waals surface area (Å²) >= 11 is 6.03. The number of carbonyl (C=O) groups is 2. The molecule has 0 aliphatic heterocycles. The molecule has 0 fully saturated rings. The van der Waals surface area contributed by atoms with E-state index < -0.39 is 6.04 Å². The second kappa shape index (κ2) is 12.9. The summed E-state index contributed by atoms with van der Waals surface area (Å²) in [7, 11) is 0. The van der Waals surface area contributed by atoms with E-state index in [2.05, 4.69) is 5.32 Å². The number of halogens is 2. The zero-order chi connectivity index (χ0) is 25.2. The van der Waals surface area contributed by atoms with Gasteiger partial charge in [-0.3, -0.25) is 9.59 Å². The molecule has 3 aromatic carbocycles. The average Bonchev–Trinajstić information content (AvgIpc) is 2.86. The van der Waals surface area contributed by atoms with Gasteiger partial charge in [-0.05, 0) is 54.8 Å². The average molecular weight is 497 g/mol. The van der Waals surface area contributed by atoms with Crippen molar-refractivity contribution < 1.29 is 18.7 Å². The minimum Gasteiger partial charge on any atom is -0.484 e. The molecule has 3 rings (SSSR count).